The zero-order valence-corrected chi connectivity index (χ0v) is 12.7. The van der Waals surface area contributed by atoms with Crippen LogP contribution in [-0.4, -0.2) is 0 Å². The van der Waals surface area contributed by atoms with E-state index in [0.29, 0.717) is 11.8 Å². The summed E-state index contributed by atoms with van der Waals surface area (Å²) in [5.41, 5.74) is 15.9. The lowest BCUT2D eigenvalue weighted by Crippen LogP contribution is -2.18. The number of rotatable bonds is 0. The summed E-state index contributed by atoms with van der Waals surface area (Å²) < 4.78 is 0. The van der Waals surface area contributed by atoms with Crippen LogP contribution in [0.1, 0.15) is 47.9 Å². The maximum absolute atomic E-state index is 6.08. The van der Waals surface area contributed by atoms with E-state index in [1.54, 1.807) is 5.56 Å². The smallest absolute Gasteiger partial charge is 0.0121 e. The van der Waals surface area contributed by atoms with Crippen LogP contribution in [0.25, 0.3) is 11.1 Å². The molecule has 0 aromatic heterocycles. The standard InChI is InChI=1S/C20H21N/c1-12-10-19-18(17-6-4-3-5-16(12)17)8-7-14-11-15(21)9-13(2)20(14)19/h3-9,12-13H,10-11,21H2,1-2H3. The van der Waals surface area contributed by atoms with Gasteiger partial charge in [-0.2, -0.15) is 0 Å². The summed E-state index contributed by atoms with van der Waals surface area (Å²) >= 11 is 0. The van der Waals surface area contributed by atoms with E-state index in [-0.39, 0.29) is 0 Å². The van der Waals surface area contributed by atoms with Crippen LogP contribution >= 0.6 is 0 Å². The molecule has 0 saturated carbocycles. The van der Waals surface area contributed by atoms with Gasteiger partial charge in [0.25, 0.3) is 0 Å². The van der Waals surface area contributed by atoms with Crippen LogP contribution in [0.3, 0.4) is 0 Å². The first-order valence-electron chi connectivity index (χ1n) is 7.85. The largest absolute Gasteiger partial charge is 0.402 e. The van der Waals surface area contributed by atoms with Gasteiger partial charge in [0.15, 0.2) is 0 Å². The van der Waals surface area contributed by atoms with Crippen molar-refractivity contribution in [3.63, 3.8) is 0 Å². The first kappa shape index (κ1) is 12.7. The van der Waals surface area contributed by atoms with Gasteiger partial charge in [-0.1, -0.05) is 56.3 Å². The zero-order valence-electron chi connectivity index (χ0n) is 12.7. The Labute approximate surface area is 126 Å². The van der Waals surface area contributed by atoms with Crippen molar-refractivity contribution in [2.45, 2.75) is 38.5 Å². The van der Waals surface area contributed by atoms with E-state index in [4.69, 9.17) is 5.73 Å². The Bertz CT molecular complexity index is 754. The molecule has 0 radical (unpaired) electrons. The molecule has 2 aromatic rings. The predicted molar refractivity (Wildman–Crippen MR) is 88.4 cm³/mol. The highest BCUT2D eigenvalue weighted by atomic mass is 14.6. The molecule has 2 aliphatic carbocycles. The highest BCUT2D eigenvalue weighted by Crippen LogP contribution is 2.44. The van der Waals surface area contributed by atoms with E-state index in [1.165, 1.54) is 27.8 Å². The molecule has 2 unspecified atom stereocenters. The minimum Gasteiger partial charge on any atom is -0.402 e. The van der Waals surface area contributed by atoms with E-state index in [0.717, 1.165) is 18.5 Å². The highest BCUT2D eigenvalue weighted by molar-refractivity contribution is 5.76. The minimum absolute atomic E-state index is 0.432. The third-order valence-corrected chi connectivity index (χ3v) is 5.05. The molecule has 0 fully saturated rings. The quantitative estimate of drug-likeness (QED) is 0.752. The molecular weight excluding hydrogens is 254 g/mol. The Kier molecular flexibility index (Phi) is 2.72. The van der Waals surface area contributed by atoms with E-state index >= 15 is 0 Å². The Balaban J connectivity index is 1.98. The normalized spacial score (nSPS) is 22.9. The second-order valence-electron chi connectivity index (χ2n) is 6.56. The van der Waals surface area contributed by atoms with Gasteiger partial charge >= 0.3 is 0 Å². The van der Waals surface area contributed by atoms with Gasteiger partial charge in [-0.3, -0.25) is 0 Å². The fourth-order valence-electron chi connectivity index (χ4n) is 4.18. The van der Waals surface area contributed by atoms with Crippen LogP contribution in [0, 0.1) is 0 Å². The van der Waals surface area contributed by atoms with Gasteiger partial charge in [0, 0.05) is 18.0 Å². The molecule has 2 aromatic carbocycles. The van der Waals surface area contributed by atoms with E-state index in [9.17, 15) is 0 Å². The van der Waals surface area contributed by atoms with Crippen LogP contribution in [-0.2, 0) is 12.8 Å². The van der Waals surface area contributed by atoms with E-state index < -0.39 is 0 Å². The number of fused-ring (bicyclic) bond motifs is 5. The summed E-state index contributed by atoms with van der Waals surface area (Å²) in [5.74, 6) is 1.02. The maximum atomic E-state index is 6.08. The number of allylic oxidation sites excluding steroid dienone is 2. The van der Waals surface area contributed by atoms with Crippen molar-refractivity contribution in [2.75, 3.05) is 0 Å². The van der Waals surface area contributed by atoms with Gasteiger partial charge in [-0.25, -0.2) is 0 Å². The summed E-state index contributed by atoms with van der Waals surface area (Å²) in [6.45, 7) is 4.62. The van der Waals surface area contributed by atoms with Crippen molar-refractivity contribution in [1.82, 2.24) is 0 Å². The third kappa shape index (κ3) is 1.84. The van der Waals surface area contributed by atoms with E-state index in [1.807, 2.05) is 0 Å². The van der Waals surface area contributed by atoms with Gasteiger partial charge in [-0.05, 0) is 45.7 Å². The van der Waals surface area contributed by atoms with Crippen LogP contribution in [0.4, 0.5) is 0 Å². The van der Waals surface area contributed by atoms with Crippen molar-refractivity contribution in [3.8, 4) is 11.1 Å². The summed E-state index contributed by atoms with van der Waals surface area (Å²) in [6.07, 6.45) is 4.28. The van der Waals surface area contributed by atoms with Crippen molar-refractivity contribution < 1.29 is 0 Å². The highest BCUT2D eigenvalue weighted by Gasteiger charge is 2.27. The molecule has 1 nitrogen and oxygen atoms in total. The average Bonchev–Trinajstić information content (AvgIpc) is 2.46. The number of nitrogens with two attached hydrogens (primary N) is 1. The molecule has 2 N–H and O–H groups in total. The number of hydrogen-bond acceptors (Lipinski definition) is 1. The predicted octanol–water partition coefficient (Wildman–Crippen LogP) is 4.52. The monoisotopic (exact) mass is 275 g/mol. The lowest BCUT2D eigenvalue weighted by Gasteiger charge is -2.31. The molecule has 1 heteroatoms. The van der Waals surface area contributed by atoms with Crippen LogP contribution in [0.15, 0.2) is 48.2 Å². The Hall–Kier alpha value is -2.02. The fraction of sp³-hybridized carbons (Fsp3) is 0.300. The topological polar surface area (TPSA) is 26.0 Å². The Morgan fingerprint density at radius 3 is 2.67 bits per heavy atom. The second kappa shape index (κ2) is 4.49. The molecule has 0 amide bonds. The molecule has 0 spiro atoms. The van der Waals surface area contributed by atoms with Crippen LogP contribution in [0.5, 0.6) is 0 Å². The number of hydrogen-bond donors (Lipinski definition) is 1. The summed E-state index contributed by atoms with van der Waals surface area (Å²) in [7, 11) is 0. The van der Waals surface area contributed by atoms with Gasteiger partial charge in [0.2, 0.25) is 0 Å². The van der Waals surface area contributed by atoms with Crippen molar-refractivity contribution in [2.24, 2.45) is 5.73 Å². The molecule has 0 aliphatic heterocycles. The molecule has 21 heavy (non-hydrogen) atoms. The number of benzene rings is 2. The molecule has 0 heterocycles. The third-order valence-electron chi connectivity index (χ3n) is 5.05. The van der Waals surface area contributed by atoms with Crippen LogP contribution < -0.4 is 5.73 Å². The van der Waals surface area contributed by atoms with Gasteiger partial charge in [0.1, 0.15) is 0 Å². The average molecular weight is 275 g/mol. The molecule has 2 atom stereocenters. The van der Waals surface area contributed by atoms with E-state index in [2.05, 4.69) is 56.3 Å². The van der Waals surface area contributed by atoms with Crippen molar-refractivity contribution in [1.29, 1.82) is 0 Å². The first-order chi connectivity index (χ1) is 10.1. The minimum atomic E-state index is 0.432. The molecule has 4 rings (SSSR count). The molecular formula is C20H21N. The SMILES string of the molecule is CC1C=C(N)Cc2ccc3c(c21)CC(C)c1ccccc1-3. The lowest BCUT2D eigenvalue weighted by molar-refractivity contribution is 0.727. The fourth-order valence-corrected chi connectivity index (χ4v) is 4.18. The lowest BCUT2D eigenvalue weighted by atomic mass is 9.73. The Morgan fingerprint density at radius 1 is 1.00 bits per heavy atom. The van der Waals surface area contributed by atoms with Crippen LogP contribution in [0.2, 0.25) is 0 Å². The summed E-state index contributed by atoms with van der Waals surface area (Å²) in [5, 5.41) is 0. The molecule has 106 valence electrons. The summed E-state index contributed by atoms with van der Waals surface area (Å²) in [4.78, 5) is 0. The Morgan fingerprint density at radius 2 is 1.81 bits per heavy atom. The second-order valence-corrected chi connectivity index (χ2v) is 6.56. The van der Waals surface area contributed by atoms with Gasteiger partial charge < -0.3 is 5.73 Å². The molecule has 2 aliphatic rings. The zero-order chi connectivity index (χ0) is 14.6. The molecule has 0 saturated heterocycles. The van der Waals surface area contributed by atoms with Crippen molar-refractivity contribution >= 4 is 0 Å². The maximum Gasteiger partial charge on any atom is 0.0121 e. The van der Waals surface area contributed by atoms with Gasteiger partial charge in [0.05, 0.1) is 0 Å². The molecule has 0 bridgehead atoms. The summed E-state index contributed by atoms with van der Waals surface area (Å²) in [6, 6.07) is 13.5. The van der Waals surface area contributed by atoms with Crippen molar-refractivity contribution in [3.05, 3.63) is 70.4 Å². The van der Waals surface area contributed by atoms with Gasteiger partial charge in [-0.15, -0.1) is 0 Å². The first-order valence-corrected chi connectivity index (χ1v) is 7.85.